The molecule has 0 atom stereocenters. The van der Waals surface area contributed by atoms with Crippen LogP contribution in [0.15, 0.2) is 47.5 Å². The molecule has 21 heavy (non-hydrogen) atoms. The molecular formula is C15H19N3O2S. The van der Waals surface area contributed by atoms with Gasteiger partial charge in [0, 0.05) is 18.9 Å². The highest BCUT2D eigenvalue weighted by Crippen LogP contribution is 2.21. The van der Waals surface area contributed by atoms with E-state index in [1.807, 2.05) is 18.2 Å². The van der Waals surface area contributed by atoms with Crippen LogP contribution < -0.4 is 10.0 Å². The van der Waals surface area contributed by atoms with Gasteiger partial charge in [0.15, 0.2) is 0 Å². The highest BCUT2D eigenvalue weighted by Gasteiger charge is 2.15. The van der Waals surface area contributed by atoms with E-state index in [0.717, 1.165) is 5.56 Å². The second-order valence-electron chi connectivity index (χ2n) is 5.01. The first kappa shape index (κ1) is 15.3. The van der Waals surface area contributed by atoms with E-state index in [1.165, 1.54) is 12.3 Å². The SMILES string of the molecule is CNc1ccc(S(=O)(=O)Nc2cccc(C(C)C)c2)cn1. The smallest absolute Gasteiger partial charge is 0.263 e. The van der Waals surface area contributed by atoms with Crippen molar-refractivity contribution in [1.82, 2.24) is 4.98 Å². The van der Waals surface area contributed by atoms with Crippen molar-refractivity contribution in [3.05, 3.63) is 48.2 Å². The van der Waals surface area contributed by atoms with Crippen molar-refractivity contribution in [3.63, 3.8) is 0 Å². The van der Waals surface area contributed by atoms with Crippen LogP contribution in [-0.2, 0) is 10.0 Å². The molecule has 0 aliphatic heterocycles. The van der Waals surface area contributed by atoms with Gasteiger partial charge < -0.3 is 5.32 Å². The molecule has 1 heterocycles. The molecule has 1 aromatic heterocycles. The third-order valence-electron chi connectivity index (χ3n) is 3.11. The average molecular weight is 305 g/mol. The van der Waals surface area contributed by atoms with Gasteiger partial charge in [-0.3, -0.25) is 4.72 Å². The molecule has 0 aliphatic carbocycles. The first-order valence-corrected chi connectivity index (χ1v) is 8.17. The zero-order valence-electron chi connectivity index (χ0n) is 12.3. The Bertz CT molecular complexity index is 710. The van der Waals surface area contributed by atoms with Crippen LogP contribution in [0.2, 0.25) is 0 Å². The standard InChI is InChI=1S/C15H19N3O2S/c1-11(2)12-5-4-6-13(9-12)18-21(19,20)14-7-8-15(16-3)17-10-14/h4-11,18H,1-3H3,(H,16,17). The quantitative estimate of drug-likeness (QED) is 0.890. The largest absolute Gasteiger partial charge is 0.373 e. The minimum absolute atomic E-state index is 0.136. The number of hydrogen-bond acceptors (Lipinski definition) is 4. The lowest BCUT2D eigenvalue weighted by molar-refractivity contribution is 0.601. The Hall–Kier alpha value is -2.08. The first-order chi connectivity index (χ1) is 9.92. The topological polar surface area (TPSA) is 71.1 Å². The third kappa shape index (κ3) is 3.72. The first-order valence-electron chi connectivity index (χ1n) is 6.69. The number of rotatable bonds is 5. The van der Waals surface area contributed by atoms with E-state index in [1.54, 1.807) is 19.2 Å². The lowest BCUT2D eigenvalue weighted by atomic mass is 10.0. The van der Waals surface area contributed by atoms with Crippen molar-refractivity contribution in [2.75, 3.05) is 17.1 Å². The van der Waals surface area contributed by atoms with Gasteiger partial charge in [-0.05, 0) is 35.7 Å². The highest BCUT2D eigenvalue weighted by molar-refractivity contribution is 7.92. The maximum atomic E-state index is 12.3. The van der Waals surface area contributed by atoms with E-state index in [-0.39, 0.29) is 4.90 Å². The molecule has 5 nitrogen and oxygen atoms in total. The second kappa shape index (κ2) is 6.13. The molecule has 0 bridgehead atoms. The van der Waals surface area contributed by atoms with Crippen LogP contribution in [-0.4, -0.2) is 20.4 Å². The Morgan fingerprint density at radius 3 is 2.48 bits per heavy atom. The van der Waals surface area contributed by atoms with Gasteiger partial charge in [0.05, 0.1) is 0 Å². The van der Waals surface area contributed by atoms with Crippen LogP contribution in [0.25, 0.3) is 0 Å². The maximum Gasteiger partial charge on any atom is 0.263 e. The fraction of sp³-hybridized carbons (Fsp3) is 0.267. The van der Waals surface area contributed by atoms with E-state index < -0.39 is 10.0 Å². The number of aromatic nitrogens is 1. The van der Waals surface area contributed by atoms with Gasteiger partial charge in [-0.1, -0.05) is 26.0 Å². The summed E-state index contributed by atoms with van der Waals surface area (Å²) in [6, 6.07) is 10.5. The number of nitrogens with zero attached hydrogens (tertiary/aromatic N) is 1. The third-order valence-corrected chi connectivity index (χ3v) is 4.47. The molecule has 0 aliphatic rings. The molecule has 0 fully saturated rings. The summed E-state index contributed by atoms with van der Waals surface area (Å²) < 4.78 is 27.2. The molecule has 0 saturated heterocycles. The predicted molar refractivity (Wildman–Crippen MR) is 85.1 cm³/mol. The normalized spacial score (nSPS) is 11.4. The Morgan fingerprint density at radius 1 is 1.14 bits per heavy atom. The van der Waals surface area contributed by atoms with Crippen LogP contribution in [0.3, 0.4) is 0 Å². The van der Waals surface area contributed by atoms with E-state index in [0.29, 0.717) is 17.4 Å². The summed E-state index contributed by atoms with van der Waals surface area (Å²) in [4.78, 5) is 4.16. The Morgan fingerprint density at radius 2 is 1.90 bits per heavy atom. The van der Waals surface area contributed by atoms with Gasteiger partial charge >= 0.3 is 0 Å². The lowest BCUT2D eigenvalue weighted by Gasteiger charge is -2.11. The van der Waals surface area contributed by atoms with E-state index >= 15 is 0 Å². The zero-order valence-corrected chi connectivity index (χ0v) is 13.1. The molecule has 0 amide bonds. The molecule has 112 valence electrons. The van der Waals surface area contributed by atoms with Crippen molar-refractivity contribution in [3.8, 4) is 0 Å². The summed E-state index contributed by atoms with van der Waals surface area (Å²) in [7, 11) is -1.89. The predicted octanol–water partition coefficient (Wildman–Crippen LogP) is 3.05. The molecular weight excluding hydrogens is 286 g/mol. The number of hydrogen-bond donors (Lipinski definition) is 2. The van der Waals surface area contributed by atoms with Crippen LogP contribution in [0.5, 0.6) is 0 Å². The lowest BCUT2D eigenvalue weighted by Crippen LogP contribution is -2.13. The van der Waals surface area contributed by atoms with Crippen molar-refractivity contribution < 1.29 is 8.42 Å². The number of sulfonamides is 1. The average Bonchev–Trinajstić information content (AvgIpc) is 2.47. The summed E-state index contributed by atoms with van der Waals surface area (Å²) in [6.07, 6.45) is 1.33. The molecule has 2 aromatic rings. The van der Waals surface area contributed by atoms with E-state index in [2.05, 4.69) is 28.9 Å². The van der Waals surface area contributed by atoms with Crippen LogP contribution in [0, 0.1) is 0 Å². The minimum atomic E-state index is -3.62. The summed E-state index contributed by atoms with van der Waals surface area (Å²) in [6.45, 7) is 4.13. The molecule has 0 spiro atoms. The van der Waals surface area contributed by atoms with Crippen molar-refractivity contribution in [2.45, 2.75) is 24.7 Å². The summed E-state index contributed by atoms with van der Waals surface area (Å²) in [5, 5.41) is 2.85. The van der Waals surface area contributed by atoms with Gasteiger partial charge in [0.1, 0.15) is 10.7 Å². The maximum absolute atomic E-state index is 12.3. The molecule has 2 rings (SSSR count). The van der Waals surface area contributed by atoms with Crippen molar-refractivity contribution in [1.29, 1.82) is 0 Å². The summed E-state index contributed by atoms with van der Waals surface area (Å²) in [5.74, 6) is 0.960. The molecule has 0 unspecified atom stereocenters. The molecule has 1 aromatic carbocycles. The molecule has 0 radical (unpaired) electrons. The van der Waals surface area contributed by atoms with Crippen molar-refractivity contribution >= 4 is 21.5 Å². The number of nitrogens with one attached hydrogen (secondary N) is 2. The fourth-order valence-electron chi connectivity index (χ4n) is 1.86. The summed E-state index contributed by atoms with van der Waals surface area (Å²) in [5.41, 5.74) is 1.64. The van der Waals surface area contributed by atoms with Crippen LogP contribution >= 0.6 is 0 Å². The molecule has 0 saturated carbocycles. The fourth-order valence-corrected chi connectivity index (χ4v) is 2.86. The second-order valence-corrected chi connectivity index (χ2v) is 6.70. The van der Waals surface area contributed by atoms with Gasteiger partial charge in [-0.15, -0.1) is 0 Å². The van der Waals surface area contributed by atoms with Crippen molar-refractivity contribution in [2.24, 2.45) is 0 Å². The van der Waals surface area contributed by atoms with E-state index in [9.17, 15) is 8.42 Å². The monoisotopic (exact) mass is 305 g/mol. The van der Waals surface area contributed by atoms with Gasteiger partial charge in [0.2, 0.25) is 0 Å². The Balaban J connectivity index is 2.26. The van der Waals surface area contributed by atoms with Crippen LogP contribution in [0.4, 0.5) is 11.5 Å². The van der Waals surface area contributed by atoms with Crippen LogP contribution in [0.1, 0.15) is 25.3 Å². The zero-order chi connectivity index (χ0) is 15.5. The highest BCUT2D eigenvalue weighted by atomic mass is 32.2. The number of benzene rings is 1. The minimum Gasteiger partial charge on any atom is -0.373 e. The Labute approximate surface area is 125 Å². The van der Waals surface area contributed by atoms with Gasteiger partial charge in [-0.25, -0.2) is 13.4 Å². The number of anilines is 2. The van der Waals surface area contributed by atoms with E-state index in [4.69, 9.17) is 0 Å². The summed E-state index contributed by atoms with van der Waals surface area (Å²) >= 11 is 0. The molecule has 2 N–H and O–H groups in total. The Kier molecular flexibility index (Phi) is 4.47. The number of pyridine rings is 1. The van der Waals surface area contributed by atoms with Gasteiger partial charge in [-0.2, -0.15) is 0 Å². The van der Waals surface area contributed by atoms with Gasteiger partial charge in [0.25, 0.3) is 10.0 Å². The molecule has 6 heteroatoms.